The van der Waals surface area contributed by atoms with E-state index in [9.17, 15) is 10.1 Å². The second-order valence-electron chi connectivity index (χ2n) is 4.15. The average Bonchev–Trinajstić information content (AvgIpc) is 2.14. The predicted octanol–water partition coefficient (Wildman–Crippen LogP) is 1.20. The lowest BCUT2D eigenvalue weighted by Gasteiger charge is -2.33. The number of hydrogen-bond acceptors (Lipinski definition) is 5. The number of rotatable bonds is 3. The van der Waals surface area contributed by atoms with Crippen molar-refractivity contribution in [3.8, 4) is 0 Å². The third-order valence-electron chi connectivity index (χ3n) is 2.82. The van der Waals surface area contributed by atoms with Gasteiger partial charge in [-0.1, -0.05) is 0 Å². The van der Waals surface area contributed by atoms with E-state index in [1.165, 1.54) is 0 Å². The fourth-order valence-electron chi connectivity index (χ4n) is 1.86. The van der Waals surface area contributed by atoms with Gasteiger partial charge in [0.15, 0.2) is 0 Å². The van der Waals surface area contributed by atoms with Gasteiger partial charge in [-0.25, -0.2) is 4.98 Å². The van der Waals surface area contributed by atoms with Gasteiger partial charge in [0.1, 0.15) is 0 Å². The molecule has 0 saturated heterocycles. The number of pyridine rings is 1. The second kappa shape index (κ2) is 4.05. The van der Waals surface area contributed by atoms with Crippen LogP contribution in [0.2, 0.25) is 0 Å². The maximum Gasteiger partial charge on any atom is 0.314 e. The molecule has 6 nitrogen and oxygen atoms in total. The molecule has 0 amide bonds. The van der Waals surface area contributed by atoms with Crippen LogP contribution in [0.5, 0.6) is 0 Å². The number of nitrogens with two attached hydrogens (primary N) is 1. The van der Waals surface area contributed by atoms with Crippen molar-refractivity contribution in [1.82, 2.24) is 4.98 Å². The Bertz CT molecular complexity index is 415. The fourth-order valence-corrected chi connectivity index (χ4v) is 1.86. The Kier molecular flexibility index (Phi) is 2.74. The van der Waals surface area contributed by atoms with Crippen LogP contribution in [0.4, 0.5) is 11.5 Å². The van der Waals surface area contributed by atoms with Crippen LogP contribution in [0.25, 0.3) is 0 Å². The maximum absolute atomic E-state index is 10.9. The SMILES string of the molecule is Cc1ccnc(NC2CC(N)C2)c1[N+](=O)[O-]. The molecule has 0 spiro atoms. The third-order valence-corrected chi connectivity index (χ3v) is 2.82. The maximum atomic E-state index is 10.9. The van der Waals surface area contributed by atoms with E-state index in [2.05, 4.69) is 10.3 Å². The molecule has 1 aliphatic rings. The first kappa shape index (κ1) is 10.8. The van der Waals surface area contributed by atoms with Crippen LogP contribution in [0.3, 0.4) is 0 Å². The molecule has 86 valence electrons. The number of hydrogen-bond donors (Lipinski definition) is 2. The van der Waals surface area contributed by atoms with E-state index in [0.29, 0.717) is 11.4 Å². The van der Waals surface area contributed by atoms with Crippen LogP contribution in [-0.2, 0) is 0 Å². The Morgan fingerprint density at radius 3 is 2.88 bits per heavy atom. The summed E-state index contributed by atoms with van der Waals surface area (Å²) in [7, 11) is 0. The molecule has 1 aromatic rings. The number of nitrogens with zero attached hydrogens (tertiary/aromatic N) is 2. The van der Waals surface area contributed by atoms with Crippen LogP contribution < -0.4 is 11.1 Å². The van der Waals surface area contributed by atoms with Crippen LogP contribution in [0.15, 0.2) is 12.3 Å². The number of nitrogens with one attached hydrogen (secondary N) is 1. The predicted molar refractivity (Wildman–Crippen MR) is 60.2 cm³/mol. The minimum atomic E-state index is -0.400. The van der Waals surface area contributed by atoms with E-state index in [1.54, 1.807) is 19.2 Å². The molecule has 2 rings (SSSR count). The minimum Gasteiger partial charge on any atom is -0.361 e. The van der Waals surface area contributed by atoms with E-state index in [1.807, 2.05) is 0 Å². The van der Waals surface area contributed by atoms with Gasteiger partial charge in [0, 0.05) is 23.8 Å². The lowest BCUT2D eigenvalue weighted by Crippen LogP contribution is -2.44. The molecule has 1 fully saturated rings. The van der Waals surface area contributed by atoms with Crippen molar-refractivity contribution >= 4 is 11.5 Å². The van der Waals surface area contributed by atoms with Gasteiger partial charge in [0.05, 0.1) is 4.92 Å². The number of aromatic nitrogens is 1. The van der Waals surface area contributed by atoms with Crippen LogP contribution >= 0.6 is 0 Å². The van der Waals surface area contributed by atoms with Crippen molar-refractivity contribution in [2.24, 2.45) is 5.73 Å². The summed E-state index contributed by atoms with van der Waals surface area (Å²) in [5.41, 5.74) is 6.33. The van der Waals surface area contributed by atoms with Gasteiger partial charge in [-0.2, -0.15) is 0 Å². The summed E-state index contributed by atoms with van der Waals surface area (Å²) in [4.78, 5) is 14.5. The van der Waals surface area contributed by atoms with Crippen molar-refractivity contribution < 1.29 is 4.92 Å². The van der Waals surface area contributed by atoms with Gasteiger partial charge in [-0.15, -0.1) is 0 Å². The molecule has 0 bridgehead atoms. The molecule has 16 heavy (non-hydrogen) atoms. The summed E-state index contributed by atoms with van der Waals surface area (Å²) in [5, 5.41) is 14.0. The van der Waals surface area contributed by atoms with Crippen molar-refractivity contribution in [3.05, 3.63) is 27.9 Å². The number of nitro groups is 1. The molecule has 3 N–H and O–H groups in total. The molecule has 1 heterocycles. The highest BCUT2D eigenvalue weighted by atomic mass is 16.6. The number of anilines is 1. The third kappa shape index (κ3) is 1.96. The van der Waals surface area contributed by atoms with E-state index < -0.39 is 4.92 Å². The van der Waals surface area contributed by atoms with E-state index >= 15 is 0 Å². The van der Waals surface area contributed by atoms with E-state index in [-0.39, 0.29) is 17.8 Å². The molecule has 0 aromatic carbocycles. The van der Waals surface area contributed by atoms with E-state index in [0.717, 1.165) is 12.8 Å². The Balaban J connectivity index is 2.19. The fraction of sp³-hybridized carbons (Fsp3) is 0.500. The minimum absolute atomic E-state index is 0.0583. The zero-order chi connectivity index (χ0) is 11.7. The standard InChI is InChI=1S/C10H14N4O2/c1-6-2-3-12-10(9(6)14(15)16)13-8-4-7(11)5-8/h2-3,7-8H,4-5,11H2,1H3,(H,12,13). The van der Waals surface area contributed by atoms with Gasteiger partial charge in [0.25, 0.3) is 0 Å². The molecule has 6 heteroatoms. The molecular formula is C10H14N4O2. The summed E-state index contributed by atoms with van der Waals surface area (Å²) < 4.78 is 0. The van der Waals surface area contributed by atoms with Crippen molar-refractivity contribution in [2.45, 2.75) is 31.8 Å². The van der Waals surface area contributed by atoms with Crippen LogP contribution in [0, 0.1) is 17.0 Å². The highest BCUT2D eigenvalue weighted by molar-refractivity contribution is 5.60. The molecule has 0 aliphatic heterocycles. The molecule has 1 aromatic heterocycles. The first-order valence-electron chi connectivity index (χ1n) is 5.20. The molecule has 0 unspecified atom stereocenters. The largest absolute Gasteiger partial charge is 0.361 e. The highest BCUT2D eigenvalue weighted by Gasteiger charge is 2.28. The summed E-state index contributed by atoms with van der Waals surface area (Å²) in [6, 6.07) is 2.06. The lowest BCUT2D eigenvalue weighted by atomic mass is 9.87. The summed E-state index contributed by atoms with van der Waals surface area (Å²) in [6.07, 6.45) is 3.25. The first-order valence-corrected chi connectivity index (χ1v) is 5.20. The van der Waals surface area contributed by atoms with E-state index in [4.69, 9.17) is 5.73 Å². The first-order chi connectivity index (χ1) is 7.58. The summed E-state index contributed by atoms with van der Waals surface area (Å²) in [6.45, 7) is 1.71. The van der Waals surface area contributed by atoms with Crippen LogP contribution in [0.1, 0.15) is 18.4 Å². The van der Waals surface area contributed by atoms with Gasteiger partial charge in [-0.05, 0) is 25.8 Å². The average molecular weight is 222 g/mol. The monoisotopic (exact) mass is 222 g/mol. The van der Waals surface area contributed by atoms with Gasteiger partial charge in [0.2, 0.25) is 5.82 Å². The lowest BCUT2D eigenvalue weighted by molar-refractivity contribution is -0.384. The molecule has 1 aliphatic carbocycles. The van der Waals surface area contributed by atoms with Crippen molar-refractivity contribution in [3.63, 3.8) is 0 Å². The van der Waals surface area contributed by atoms with Crippen molar-refractivity contribution in [2.75, 3.05) is 5.32 Å². The topological polar surface area (TPSA) is 94.1 Å². The molecule has 1 saturated carbocycles. The molecule has 0 atom stereocenters. The summed E-state index contributed by atoms with van der Waals surface area (Å²) in [5.74, 6) is 0.349. The van der Waals surface area contributed by atoms with Crippen LogP contribution in [-0.4, -0.2) is 22.0 Å². The Hall–Kier alpha value is -1.69. The smallest absolute Gasteiger partial charge is 0.314 e. The Labute approximate surface area is 93.0 Å². The van der Waals surface area contributed by atoms with Gasteiger partial charge in [-0.3, -0.25) is 10.1 Å². The van der Waals surface area contributed by atoms with Crippen molar-refractivity contribution in [1.29, 1.82) is 0 Å². The molecule has 0 radical (unpaired) electrons. The second-order valence-corrected chi connectivity index (χ2v) is 4.15. The van der Waals surface area contributed by atoms with Gasteiger partial charge >= 0.3 is 5.69 Å². The zero-order valence-corrected chi connectivity index (χ0v) is 9.01. The molecular weight excluding hydrogens is 208 g/mol. The normalized spacial score (nSPS) is 23.6. The zero-order valence-electron chi connectivity index (χ0n) is 9.01. The quantitative estimate of drug-likeness (QED) is 0.592. The Morgan fingerprint density at radius 2 is 2.31 bits per heavy atom. The van der Waals surface area contributed by atoms with Gasteiger partial charge < -0.3 is 11.1 Å². The Morgan fingerprint density at radius 1 is 1.62 bits per heavy atom. The highest BCUT2D eigenvalue weighted by Crippen LogP contribution is 2.29. The summed E-state index contributed by atoms with van der Waals surface area (Å²) >= 11 is 0. The number of aryl methyl sites for hydroxylation is 1.